The van der Waals surface area contributed by atoms with E-state index in [1.807, 2.05) is 18.3 Å². The second kappa shape index (κ2) is 8.85. The van der Waals surface area contributed by atoms with Crippen molar-refractivity contribution in [2.45, 2.75) is 24.9 Å². The van der Waals surface area contributed by atoms with Gasteiger partial charge in [0.25, 0.3) is 0 Å². The molecule has 0 saturated heterocycles. The van der Waals surface area contributed by atoms with E-state index < -0.39 is 14.4 Å². The average Bonchev–Trinajstić information content (AvgIpc) is 2.64. The Balaban J connectivity index is 1.72. The van der Waals surface area contributed by atoms with Crippen molar-refractivity contribution >= 4 is 32.0 Å². The van der Waals surface area contributed by atoms with E-state index in [9.17, 15) is 0 Å². The van der Waals surface area contributed by atoms with Crippen LogP contribution in [-0.4, -0.2) is 20.6 Å². The molecule has 0 fully saturated rings. The third-order valence-electron chi connectivity index (χ3n) is 4.50. The molecule has 0 amide bonds. The first-order valence-corrected chi connectivity index (χ1v) is 11.7. The SMILES string of the molecule is Cc1ccc([NH][Al]([CH3])[CH2]c2ccccc2C=Nc2ccccc2C)cc1. The summed E-state index contributed by atoms with van der Waals surface area (Å²) in [5, 5.41) is 1.09. The topological polar surface area (TPSA) is 24.4 Å². The summed E-state index contributed by atoms with van der Waals surface area (Å²) in [7, 11) is 0. The fraction of sp³-hybridized carbons (Fsp3) is 0.174. The first kappa shape index (κ1) is 18.5. The van der Waals surface area contributed by atoms with E-state index in [2.05, 4.69) is 84.6 Å². The number of para-hydroxylation sites is 1. The van der Waals surface area contributed by atoms with Crippen molar-refractivity contribution in [1.82, 2.24) is 0 Å². The smallest absolute Gasteiger partial charge is 0.412 e. The zero-order chi connectivity index (χ0) is 18.4. The number of anilines is 1. The molecule has 0 bridgehead atoms. The zero-order valence-electron chi connectivity index (χ0n) is 15.7. The fourth-order valence-corrected chi connectivity index (χ4v) is 4.90. The van der Waals surface area contributed by atoms with Crippen molar-refractivity contribution in [1.29, 1.82) is 0 Å². The third kappa shape index (κ3) is 5.08. The van der Waals surface area contributed by atoms with Crippen LogP contribution >= 0.6 is 0 Å². The molecule has 0 unspecified atom stereocenters. The van der Waals surface area contributed by atoms with Gasteiger partial charge in [-0.1, -0.05) is 71.5 Å². The summed E-state index contributed by atoms with van der Waals surface area (Å²) in [4.78, 5) is 4.71. The molecule has 3 aromatic rings. The Kier molecular flexibility index (Phi) is 6.28. The molecule has 3 rings (SSSR count). The minimum absolute atomic E-state index is 1.03. The number of nitrogens with one attached hydrogen (secondary N) is 1. The molecule has 0 spiro atoms. The lowest BCUT2D eigenvalue weighted by Crippen LogP contribution is -2.24. The van der Waals surface area contributed by atoms with Crippen LogP contribution in [0.1, 0.15) is 22.3 Å². The second-order valence-corrected chi connectivity index (χ2v) is 9.36. The Bertz CT molecular complexity index is 885. The quantitative estimate of drug-likeness (QED) is 0.433. The highest BCUT2D eigenvalue weighted by molar-refractivity contribution is 6.60. The summed E-state index contributed by atoms with van der Waals surface area (Å²) in [6.07, 6.45) is 2.00. The first-order valence-electron chi connectivity index (χ1n) is 9.12. The summed E-state index contributed by atoms with van der Waals surface area (Å²) in [6, 6.07) is 25.5. The third-order valence-corrected chi connectivity index (χ3v) is 6.38. The summed E-state index contributed by atoms with van der Waals surface area (Å²) in [5.74, 6) is 2.36. The number of nitrogens with zero attached hydrogens (tertiary/aromatic N) is 1. The van der Waals surface area contributed by atoms with Crippen molar-refractivity contribution in [3.63, 3.8) is 0 Å². The molecule has 3 heteroatoms. The molecule has 0 heterocycles. The average molecular weight is 356 g/mol. The Morgan fingerprint density at radius 1 is 0.885 bits per heavy atom. The number of hydrogen-bond acceptors (Lipinski definition) is 2. The van der Waals surface area contributed by atoms with Gasteiger partial charge in [-0.25, -0.2) is 0 Å². The van der Waals surface area contributed by atoms with Crippen molar-refractivity contribution in [3.8, 4) is 0 Å². The molecule has 0 aliphatic heterocycles. The lowest BCUT2D eigenvalue weighted by molar-refractivity contribution is 1.33. The molecule has 130 valence electrons. The van der Waals surface area contributed by atoms with Crippen LogP contribution < -0.4 is 4.30 Å². The van der Waals surface area contributed by atoms with Crippen LogP contribution in [-0.2, 0) is 5.28 Å². The lowest BCUT2D eigenvalue weighted by Gasteiger charge is -2.13. The molecule has 0 atom stereocenters. The highest BCUT2D eigenvalue weighted by Gasteiger charge is 2.14. The van der Waals surface area contributed by atoms with Gasteiger partial charge in [0.1, 0.15) is 0 Å². The Hall–Kier alpha value is -2.34. The maximum absolute atomic E-state index is 4.71. The molecule has 3 aromatic carbocycles. The molecular weight excluding hydrogens is 331 g/mol. The summed E-state index contributed by atoms with van der Waals surface area (Å²) in [6.45, 7) is 4.22. The number of aryl methyl sites for hydroxylation is 2. The first-order chi connectivity index (χ1) is 12.6. The normalized spacial score (nSPS) is 10.9. The van der Waals surface area contributed by atoms with Gasteiger partial charge in [-0.3, -0.25) is 4.99 Å². The molecule has 0 saturated carbocycles. The maximum Gasteiger partial charge on any atom is 0.412 e. The van der Waals surface area contributed by atoms with Crippen LogP contribution in [0.15, 0.2) is 77.8 Å². The van der Waals surface area contributed by atoms with Crippen LogP contribution in [0, 0.1) is 13.8 Å². The minimum Gasteiger partial charge on any atom is -0.476 e. The fourth-order valence-electron chi connectivity index (χ4n) is 3.01. The lowest BCUT2D eigenvalue weighted by atomic mass is 10.1. The number of rotatable bonds is 6. The van der Waals surface area contributed by atoms with Crippen LogP contribution in [0.4, 0.5) is 11.4 Å². The van der Waals surface area contributed by atoms with Crippen LogP contribution in [0.5, 0.6) is 0 Å². The van der Waals surface area contributed by atoms with Crippen molar-refractivity contribution in [3.05, 3.63) is 95.1 Å². The number of aliphatic imine (C=N–C) groups is 1. The van der Waals surface area contributed by atoms with E-state index in [1.54, 1.807) is 0 Å². The highest BCUT2D eigenvalue weighted by Crippen LogP contribution is 2.18. The van der Waals surface area contributed by atoms with Gasteiger partial charge in [0.05, 0.1) is 5.69 Å². The van der Waals surface area contributed by atoms with Crippen molar-refractivity contribution in [2.24, 2.45) is 4.99 Å². The molecule has 1 N–H and O–H groups in total. The van der Waals surface area contributed by atoms with Gasteiger partial charge >= 0.3 is 14.4 Å². The van der Waals surface area contributed by atoms with E-state index in [0.717, 1.165) is 11.0 Å². The van der Waals surface area contributed by atoms with Gasteiger partial charge in [0, 0.05) is 11.9 Å². The molecule has 0 aromatic heterocycles. The van der Waals surface area contributed by atoms with E-state index in [0.29, 0.717) is 0 Å². The Labute approximate surface area is 161 Å². The van der Waals surface area contributed by atoms with Gasteiger partial charge in [-0.2, -0.15) is 0 Å². The highest BCUT2D eigenvalue weighted by atomic mass is 27.2. The van der Waals surface area contributed by atoms with Gasteiger partial charge in [-0.15, -0.1) is 0 Å². The summed E-state index contributed by atoms with van der Waals surface area (Å²) in [5.41, 5.74) is 7.32. The predicted octanol–water partition coefficient (Wildman–Crippen LogP) is 5.87. The largest absolute Gasteiger partial charge is 0.476 e. The molecule has 0 radical (unpaired) electrons. The maximum atomic E-state index is 4.71. The molecule has 0 aliphatic rings. The standard InChI is InChI=1S/C15H14N.C7H8N.CH3.Al/c1-12-7-3-5-9-14(12)11-16-15-10-6-4-8-13(15)2;1-6-2-4-7(8)5-3-6;;/h3-11H,1H2,2H3;2-5,8H,1H3;1H3;/q;-1;;+1. The van der Waals surface area contributed by atoms with E-state index in [1.165, 1.54) is 27.9 Å². The summed E-state index contributed by atoms with van der Waals surface area (Å²) >= 11 is -1.12. The second-order valence-electron chi connectivity index (χ2n) is 6.86. The van der Waals surface area contributed by atoms with Crippen LogP contribution in [0.25, 0.3) is 0 Å². The van der Waals surface area contributed by atoms with Crippen LogP contribution in [0.3, 0.4) is 0 Å². The van der Waals surface area contributed by atoms with Gasteiger partial charge in [-0.05, 0) is 48.5 Å². The Morgan fingerprint density at radius 2 is 1.58 bits per heavy atom. The molecule has 26 heavy (non-hydrogen) atoms. The van der Waals surface area contributed by atoms with Crippen molar-refractivity contribution < 1.29 is 0 Å². The van der Waals surface area contributed by atoms with Crippen LogP contribution in [0.2, 0.25) is 5.79 Å². The van der Waals surface area contributed by atoms with Gasteiger partial charge < -0.3 is 4.30 Å². The van der Waals surface area contributed by atoms with E-state index in [4.69, 9.17) is 4.99 Å². The van der Waals surface area contributed by atoms with Crippen molar-refractivity contribution in [2.75, 3.05) is 4.30 Å². The monoisotopic (exact) mass is 356 g/mol. The number of benzene rings is 3. The van der Waals surface area contributed by atoms with E-state index >= 15 is 0 Å². The van der Waals surface area contributed by atoms with E-state index in [-0.39, 0.29) is 0 Å². The predicted molar refractivity (Wildman–Crippen MR) is 115 cm³/mol. The summed E-state index contributed by atoms with van der Waals surface area (Å²) < 4.78 is 3.72. The molecular formula is C23H25AlN2. The number of hydrogen-bond donors (Lipinski definition) is 1. The minimum atomic E-state index is -1.12. The molecule has 2 nitrogen and oxygen atoms in total. The van der Waals surface area contributed by atoms with Gasteiger partial charge in [0.2, 0.25) is 0 Å². The molecule has 0 aliphatic carbocycles. The Morgan fingerprint density at radius 3 is 2.35 bits per heavy atom. The zero-order valence-corrected chi connectivity index (χ0v) is 16.9. The van der Waals surface area contributed by atoms with Gasteiger partial charge in [0.15, 0.2) is 0 Å².